The second kappa shape index (κ2) is 7.22. The Morgan fingerprint density at radius 1 is 1.04 bits per heavy atom. The first-order valence-corrected chi connectivity index (χ1v) is 10.3. The molecule has 1 nitrogen and oxygen atoms in total. The number of nitrogens with zero attached hydrogens (tertiary/aromatic N) is 1. The first kappa shape index (κ1) is 17.4. The molecule has 0 radical (unpaired) electrons. The van der Waals surface area contributed by atoms with Gasteiger partial charge >= 0.3 is 0 Å². The third-order valence-electron chi connectivity index (χ3n) is 5.64. The van der Waals surface area contributed by atoms with Crippen LogP contribution < -0.4 is 17.0 Å². The van der Waals surface area contributed by atoms with Gasteiger partial charge in [-0.15, -0.1) is 0 Å². The lowest BCUT2D eigenvalue weighted by molar-refractivity contribution is -0.937. The van der Waals surface area contributed by atoms with Crippen LogP contribution in [0.4, 0.5) is 0 Å². The summed E-state index contributed by atoms with van der Waals surface area (Å²) >= 11 is 3.63. The molecule has 2 aliphatic heterocycles. The Hall–Kier alpha value is -0.420. The van der Waals surface area contributed by atoms with Crippen LogP contribution in [-0.2, 0) is 0 Å². The Bertz CT molecular complexity index is 623. The minimum atomic E-state index is 0. The maximum atomic E-state index is 2.50. The Balaban J connectivity index is 0.00000156. The number of fused-ring (bicyclic) bond motifs is 1. The second-order valence-corrected chi connectivity index (χ2v) is 8.61. The van der Waals surface area contributed by atoms with E-state index in [0.29, 0.717) is 0 Å². The summed E-state index contributed by atoms with van der Waals surface area (Å²) in [7, 11) is 2.50. The molecule has 2 fully saturated rings. The number of hydrogen-bond donors (Lipinski definition) is 0. The lowest BCUT2D eigenvalue weighted by Gasteiger charge is -2.49. The van der Waals surface area contributed by atoms with Gasteiger partial charge in [-0.05, 0) is 81.6 Å². The first-order chi connectivity index (χ1) is 10.8. The molecular formula is C19H24BrNS2. The molecule has 2 aliphatic rings. The normalized spacial score (nSPS) is 27.2. The molecule has 23 heavy (non-hydrogen) atoms. The number of piperidine rings is 2. The molecule has 0 saturated carbocycles. The summed E-state index contributed by atoms with van der Waals surface area (Å²) in [5.74, 6) is 0. The van der Waals surface area contributed by atoms with E-state index in [0.717, 1.165) is 6.04 Å². The van der Waals surface area contributed by atoms with Gasteiger partial charge in [-0.1, -0.05) is 0 Å². The SMILES string of the molecule is C[N+]12CCCCC1CCC(=C(c1ccsc1)c1ccsc1)C2.[Br-]. The molecule has 4 rings (SSSR count). The number of thiophene rings is 2. The van der Waals surface area contributed by atoms with Crippen LogP contribution in [0.2, 0.25) is 0 Å². The molecule has 4 heterocycles. The van der Waals surface area contributed by atoms with E-state index >= 15 is 0 Å². The maximum Gasteiger partial charge on any atom is 0.101 e. The number of likely N-dealkylation sites (N-methyl/N-ethyl adjacent to an activating group) is 1. The van der Waals surface area contributed by atoms with Crippen LogP contribution in [0.1, 0.15) is 43.2 Å². The van der Waals surface area contributed by atoms with E-state index in [1.54, 1.807) is 5.57 Å². The van der Waals surface area contributed by atoms with Crippen molar-refractivity contribution >= 4 is 28.2 Å². The van der Waals surface area contributed by atoms with Gasteiger partial charge in [0.1, 0.15) is 6.54 Å². The summed E-state index contributed by atoms with van der Waals surface area (Å²) in [6.07, 6.45) is 6.96. The van der Waals surface area contributed by atoms with E-state index in [2.05, 4.69) is 40.7 Å². The number of hydrogen-bond acceptors (Lipinski definition) is 2. The van der Waals surface area contributed by atoms with Gasteiger partial charge in [0.25, 0.3) is 0 Å². The fourth-order valence-corrected chi connectivity index (χ4v) is 5.75. The van der Waals surface area contributed by atoms with Gasteiger partial charge < -0.3 is 21.5 Å². The highest BCUT2D eigenvalue weighted by atomic mass is 79.9. The molecule has 0 aliphatic carbocycles. The van der Waals surface area contributed by atoms with Gasteiger partial charge in [0.2, 0.25) is 0 Å². The molecule has 4 heteroatoms. The molecule has 2 atom stereocenters. The third kappa shape index (κ3) is 3.37. The van der Waals surface area contributed by atoms with Gasteiger partial charge in [0, 0.05) is 6.42 Å². The van der Waals surface area contributed by atoms with Crippen LogP contribution in [0.15, 0.2) is 39.2 Å². The summed E-state index contributed by atoms with van der Waals surface area (Å²) < 4.78 is 1.28. The molecule has 124 valence electrons. The lowest BCUT2D eigenvalue weighted by atomic mass is 9.84. The Labute approximate surface area is 158 Å². The zero-order chi connectivity index (χ0) is 15.0. The van der Waals surface area contributed by atoms with Gasteiger partial charge in [0.15, 0.2) is 0 Å². The highest BCUT2D eigenvalue weighted by molar-refractivity contribution is 7.08. The molecule has 2 saturated heterocycles. The minimum absolute atomic E-state index is 0. The van der Waals surface area contributed by atoms with Crippen molar-refractivity contribution in [3.63, 3.8) is 0 Å². The summed E-state index contributed by atoms with van der Waals surface area (Å²) in [5.41, 5.74) is 6.09. The Kier molecular flexibility index (Phi) is 5.46. The number of rotatable bonds is 2. The zero-order valence-corrected chi connectivity index (χ0v) is 16.9. The van der Waals surface area contributed by atoms with Crippen molar-refractivity contribution in [3.8, 4) is 0 Å². The van der Waals surface area contributed by atoms with E-state index in [9.17, 15) is 0 Å². The molecule has 0 spiro atoms. The predicted octanol–water partition coefficient (Wildman–Crippen LogP) is 2.41. The molecule has 2 aromatic heterocycles. The quantitative estimate of drug-likeness (QED) is 0.668. The van der Waals surface area contributed by atoms with Crippen LogP contribution in [-0.4, -0.2) is 30.7 Å². The van der Waals surface area contributed by atoms with Crippen molar-refractivity contribution < 1.29 is 21.5 Å². The highest BCUT2D eigenvalue weighted by Crippen LogP contribution is 2.39. The first-order valence-electron chi connectivity index (χ1n) is 8.38. The van der Waals surface area contributed by atoms with Gasteiger partial charge in [-0.3, -0.25) is 0 Å². The van der Waals surface area contributed by atoms with Gasteiger partial charge in [0.05, 0.1) is 19.6 Å². The van der Waals surface area contributed by atoms with Crippen LogP contribution in [0.3, 0.4) is 0 Å². The number of halogens is 1. The van der Waals surface area contributed by atoms with Gasteiger partial charge in [-0.25, -0.2) is 0 Å². The zero-order valence-electron chi connectivity index (χ0n) is 13.6. The smallest absolute Gasteiger partial charge is 0.101 e. The summed E-state index contributed by atoms with van der Waals surface area (Å²) in [4.78, 5) is 0. The maximum absolute atomic E-state index is 2.50. The van der Waals surface area contributed by atoms with Crippen LogP contribution in [0.5, 0.6) is 0 Å². The molecule has 2 unspecified atom stereocenters. The fraction of sp³-hybridized carbons (Fsp3) is 0.474. The summed E-state index contributed by atoms with van der Waals surface area (Å²) in [5, 5.41) is 9.07. The molecular weight excluding hydrogens is 386 g/mol. The van der Waals surface area contributed by atoms with Crippen molar-refractivity contribution in [2.75, 3.05) is 20.1 Å². The van der Waals surface area contributed by atoms with Crippen molar-refractivity contribution in [3.05, 3.63) is 50.4 Å². The van der Waals surface area contributed by atoms with Crippen LogP contribution >= 0.6 is 22.7 Å². The molecule has 0 bridgehead atoms. The largest absolute Gasteiger partial charge is 1.00 e. The van der Waals surface area contributed by atoms with E-state index < -0.39 is 0 Å². The van der Waals surface area contributed by atoms with E-state index in [-0.39, 0.29) is 17.0 Å². The standard InChI is InChI=1S/C19H24NS2.BrH/c1-20-9-3-2-4-18(20)6-5-15(12-20)19(16-7-10-21-13-16)17-8-11-22-14-17;/h7-8,10-11,13-14,18H,2-6,9,12H2,1H3;1H/q+1;/p-1. The minimum Gasteiger partial charge on any atom is -1.00 e. The van der Waals surface area contributed by atoms with Gasteiger partial charge in [-0.2, -0.15) is 22.7 Å². The fourth-order valence-electron chi connectivity index (χ4n) is 4.46. The topological polar surface area (TPSA) is 0 Å². The summed E-state index contributed by atoms with van der Waals surface area (Å²) in [6.45, 7) is 2.63. The monoisotopic (exact) mass is 409 g/mol. The van der Waals surface area contributed by atoms with Crippen LogP contribution in [0, 0.1) is 0 Å². The van der Waals surface area contributed by atoms with Crippen LogP contribution in [0.25, 0.3) is 5.57 Å². The number of quaternary nitrogens is 1. The average molecular weight is 410 g/mol. The van der Waals surface area contributed by atoms with Crippen molar-refractivity contribution in [2.45, 2.75) is 38.1 Å². The van der Waals surface area contributed by atoms with Crippen molar-refractivity contribution in [1.29, 1.82) is 0 Å². The van der Waals surface area contributed by atoms with Crippen molar-refractivity contribution in [1.82, 2.24) is 0 Å². The van der Waals surface area contributed by atoms with Crippen molar-refractivity contribution in [2.24, 2.45) is 0 Å². The molecule has 0 N–H and O–H groups in total. The average Bonchev–Trinajstić information content (AvgIpc) is 3.20. The molecule has 2 aromatic rings. The molecule has 0 amide bonds. The van der Waals surface area contributed by atoms with E-state index in [4.69, 9.17) is 0 Å². The van der Waals surface area contributed by atoms with E-state index in [1.165, 1.54) is 66.4 Å². The molecule has 0 aromatic carbocycles. The lowest BCUT2D eigenvalue weighted by Crippen LogP contribution is -3.00. The van der Waals surface area contributed by atoms with E-state index in [1.807, 2.05) is 22.7 Å². The summed E-state index contributed by atoms with van der Waals surface area (Å²) in [6, 6.07) is 5.50. The third-order valence-corrected chi connectivity index (χ3v) is 7.01. The Morgan fingerprint density at radius 3 is 2.35 bits per heavy atom. The predicted molar refractivity (Wildman–Crippen MR) is 97.5 cm³/mol. The second-order valence-electron chi connectivity index (χ2n) is 7.05. The Morgan fingerprint density at radius 2 is 1.74 bits per heavy atom. The highest BCUT2D eigenvalue weighted by Gasteiger charge is 2.40.